The Bertz CT molecular complexity index is 667. The minimum absolute atomic E-state index is 0.143. The monoisotopic (exact) mass is 398 g/mol. The summed E-state index contributed by atoms with van der Waals surface area (Å²) in [5, 5.41) is 0.333. The molecular formula is C14H7Cl5OS. The number of halogens is 5. The molecule has 0 fully saturated rings. The van der Waals surface area contributed by atoms with Crippen LogP contribution in [0.5, 0.6) is 0 Å². The van der Waals surface area contributed by atoms with E-state index in [1.807, 2.05) is 6.07 Å². The molecule has 21 heavy (non-hydrogen) atoms. The number of benzene rings is 2. The predicted octanol–water partition coefficient (Wildman–Crippen LogP) is 6.64. The van der Waals surface area contributed by atoms with E-state index < -0.39 is 3.12 Å². The Morgan fingerprint density at radius 2 is 1.52 bits per heavy atom. The van der Waals surface area contributed by atoms with Crippen LogP contribution in [-0.2, 0) is 0 Å². The summed E-state index contributed by atoms with van der Waals surface area (Å²) in [6.45, 7) is 0. The maximum absolute atomic E-state index is 12.4. The van der Waals surface area contributed by atoms with E-state index in [1.165, 1.54) is 0 Å². The lowest BCUT2D eigenvalue weighted by molar-refractivity contribution is 0.103. The molecule has 1 nitrogen and oxygen atoms in total. The van der Waals surface area contributed by atoms with Crippen LogP contribution < -0.4 is 0 Å². The van der Waals surface area contributed by atoms with Gasteiger partial charge in [-0.1, -0.05) is 100 Å². The normalized spacial score (nSPS) is 11.5. The zero-order chi connectivity index (χ0) is 15.6. The van der Waals surface area contributed by atoms with Crippen LogP contribution in [0.15, 0.2) is 47.4 Å². The van der Waals surface area contributed by atoms with Crippen molar-refractivity contribution in [1.29, 1.82) is 0 Å². The third-order valence-corrected chi connectivity index (χ3v) is 5.03. The van der Waals surface area contributed by atoms with Gasteiger partial charge in [-0.15, -0.1) is 0 Å². The van der Waals surface area contributed by atoms with Crippen molar-refractivity contribution in [2.24, 2.45) is 0 Å². The highest BCUT2D eigenvalue weighted by atomic mass is 35.6. The minimum atomic E-state index is -1.56. The van der Waals surface area contributed by atoms with Crippen LogP contribution in [0.25, 0.3) is 0 Å². The minimum Gasteiger partial charge on any atom is -0.289 e. The van der Waals surface area contributed by atoms with E-state index in [1.54, 1.807) is 36.4 Å². The van der Waals surface area contributed by atoms with Gasteiger partial charge in [0.25, 0.3) is 0 Å². The molecule has 0 heterocycles. The molecule has 0 atom stereocenters. The van der Waals surface area contributed by atoms with Gasteiger partial charge in [-0.3, -0.25) is 4.79 Å². The number of hydrogen-bond acceptors (Lipinski definition) is 2. The van der Waals surface area contributed by atoms with Crippen molar-refractivity contribution in [2.75, 3.05) is 0 Å². The second kappa shape index (κ2) is 6.99. The molecule has 0 saturated carbocycles. The van der Waals surface area contributed by atoms with Gasteiger partial charge in [0.15, 0.2) is 5.78 Å². The van der Waals surface area contributed by atoms with E-state index >= 15 is 0 Å². The average molecular weight is 401 g/mol. The molecule has 0 unspecified atom stereocenters. The number of hydrogen-bond donors (Lipinski definition) is 0. The lowest BCUT2D eigenvalue weighted by Gasteiger charge is -2.13. The first-order valence-electron chi connectivity index (χ1n) is 5.63. The van der Waals surface area contributed by atoms with Crippen molar-refractivity contribution in [3.8, 4) is 0 Å². The Hall–Kier alpha value is -0.0900. The van der Waals surface area contributed by atoms with E-state index in [4.69, 9.17) is 58.0 Å². The van der Waals surface area contributed by atoms with Gasteiger partial charge in [0.1, 0.15) is 0 Å². The fraction of sp³-hybridized carbons (Fsp3) is 0.0714. The Labute approximate surface area is 151 Å². The SMILES string of the molecule is O=C(c1ccccc1)c1ccc(SC(Cl)(Cl)Cl)c(Cl)c1Cl. The van der Waals surface area contributed by atoms with Crippen LogP contribution in [0.3, 0.4) is 0 Å². The highest BCUT2D eigenvalue weighted by Crippen LogP contribution is 2.47. The molecule has 0 spiro atoms. The van der Waals surface area contributed by atoms with E-state index in [2.05, 4.69) is 0 Å². The molecule has 7 heteroatoms. The maximum Gasteiger partial charge on any atom is 0.241 e. The molecule has 0 aliphatic carbocycles. The summed E-state index contributed by atoms with van der Waals surface area (Å²) in [7, 11) is 0. The Morgan fingerprint density at radius 3 is 2.10 bits per heavy atom. The molecule has 0 aliphatic heterocycles. The topological polar surface area (TPSA) is 17.1 Å². The van der Waals surface area contributed by atoms with Crippen molar-refractivity contribution in [2.45, 2.75) is 8.02 Å². The van der Waals surface area contributed by atoms with E-state index in [0.29, 0.717) is 16.0 Å². The Balaban J connectivity index is 2.40. The molecule has 2 rings (SSSR count). The second-order valence-electron chi connectivity index (χ2n) is 3.98. The van der Waals surface area contributed by atoms with Gasteiger partial charge in [0, 0.05) is 16.0 Å². The van der Waals surface area contributed by atoms with Crippen LogP contribution >= 0.6 is 69.8 Å². The van der Waals surface area contributed by atoms with Gasteiger partial charge in [-0.25, -0.2) is 0 Å². The molecule has 0 aliphatic rings. The smallest absolute Gasteiger partial charge is 0.241 e. The van der Waals surface area contributed by atoms with Crippen LogP contribution in [0, 0.1) is 0 Å². The number of carbonyl (C=O) groups excluding carboxylic acids is 1. The van der Waals surface area contributed by atoms with Crippen molar-refractivity contribution >= 4 is 75.5 Å². The molecule has 0 aromatic heterocycles. The third-order valence-electron chi connectivity index (χ3n) is 2.55. The number of ketones is 1. The van der Waals surface area contributed by atoms with E-state index in [0.717, 1.165) is 11.8 Å². The number of alkyl halides is 3. The van der Waals surface area contributed by atoms with Gasteiger partial charge < -0.3 is 0 Å². The number of thioether (sulfide) groups is 1. The molecule has 0 amide bonds. The summed E-state index contributed by atoms with van der Waals surface area (Å²) < 4.78 is -1.56. The average Bonchev–Trinajstić information content (AvgIpc) is 2.43. The van der Waals surface area contributed by atoms with Gasteiger partial charge in [0.05, 0.1) is 10.0 Å². The molecule has 2 aromatic carbocycles. The van der Waals surface area contributed by atoms with Gasteiger partial charge in [-0.2, -0.15) is 0 Å². The van der Waals surface area contributed by atoms with Crippen molar-refractivity contribution < 1.29 is 4.79 Å². The van der Waals surface area contributed by atoms with Crippen LogP contribution in [0.4, 0.5) is 0 Å². The Morgan fingerprint density at radius 1 is 0.905 bits per heavy atom. The van der Waals surface area contributed by atoms with Crippen LogP contribution in [0.1, 0.15) is 15.9 Å². The summed E-state index contributed by atoms with van der Waals surface area (Å²) in [6, 6.07) is 12.0. The fourth-order valence-corrected chi connectivity index (χ4v) is 3.57. The Kier molecular flexibility index (Phi) is 5.75. The largest absolute Gasteiger partial charge is 0.289 e. The quantitative estimate of drug-likeness (QED) is 0.326. The first kappa shape index (κ1) is 17.3. The van der Waals surface area contributed by atoms with Gasteiger partial charge in [-0.05, 0) is 12.1 Å². The van der Waals surface area contributed by atoms with Crippen LogP contribution in [-0.4, -0.2) is 8.91 Å². The molecule has 0 radical (unpaired) electrons. The molecule has 110 valence electrons. The lowest BCUT2D eigenvalue weighted by atomic mass is 10.0. The highest BCUT2D eigenvalue weighted by Gasteiger charge is 2.25. The summed E-state index contributed by atoms with van der Waals surface area (Å²) in [6.07, 6.45) is 0. The zero-order valence-electron chi connectivity index (χ0n) is 10.2. The second-order valence-corrected chi connectivity index (χ2v) is 8.95. The maximum atomic E-state index is 12.4. The number of rotatable bonds is 3. The molecule has 0 saturated heterocycles. The zero-order valence-corrected chi connectivity index (χ0v) is 14.8. The number of carbonyl (C=O) groups is 1. The van der Waals surface area contributed by atoms with Crippen LogP contribution in [0.2, 0.25) is 10.0 Å². The third kappa shape index (κ3) is 4.44. The van der Waals surface area contributed by atoms with Gasteiger partial charge in [0.2, 0.25) is 3.12 Å². The summed E-state index contributed by atoms with van der Waals surface area (Å²) in [5.41, 5.74) is 0.832. The van der Waals surface area contributed by atoms with Crippen molar-refractivity contribution in [3.63, 3.8) is 0 Å². The fourth-order valence-electron chi connectivity index (χ4n) is 1.66. The first-order valence-corrected chi connectivity index (χ1v) is 8.33. The van der Waals surface area contributed by atoms with Crippen molar-refractivity contribution in [1.82, 2.24) is 0 Å². The van der Waals surface area contributed by atoms with Gasteiger partial charge >= 0.3 is 0 Å². The molecular weight excluding hydrogens is 393 g/mol. The first-order chi connectivity index (χ1) is 9.79. The molecule has 2 aromatic rings. The lowest BCUT2D eigenvalue weighted by Crippen LogP contribution is -2.03. The standard InChI is InChI=1S/C14H7Cl5OS/c15-11-9(13(20)8-4-2-1-3-5-8)6-7-10(12(11)16)21-14(17,18)19/h1-7H. The molecule has 0 bridgehead atoms. The van der Waals surface area contributed by atoms with E-state index in [-0.39, 0.29) is 15.8 Å². The summed E-state index contributed by atoms with van der Waals surface area (Å²) in [4.78, 5) is 12.9. The summed E-state index contributed by atoms with van der Waals surface area (Å²) >= 11 is 30.4. The molecule has 0 N–H and O–H groups in total. The van der Waals surface area contributed by atoms with Crippen molar-refractivity contribution in [3.05, 3.63) is 63.6 Å². The summed E-state index contributed by atoms with van der Waals surface area (Å²) in [5.74, 6) is -0.215. The predicted molar refractivity (Wildman–Crippen MR) is 92.5 cm³/mol. The van der Waals surface area contributed by atoms with E-state index in [9.17, 15) is 4.79 Å². The highest BCUT2D eigenvalue weighted by molar-refractivity contribution is 8.04.